The van der Waals surface area contributed by atoms with Crippen LogP contribution in [0.15, 0.2) is 0 Å². The molecule has 0 unspecified atom stereocenters. The molecule has 0 aromatic heterocycles. The number of unbranched alkanes of at least 4 members (excludes halogenated alkanes) is 1. The monoisotopic (exact) mass is 170 g/mol. The van der Waals surface area contributed by atoms with E-state index in [0.717, 1.165) is 6.42 Å². The summed E-state index contributed by atoms with van der Waals surface area (Å²) in [5.41, 5.74) is 0. The number of halogens is 1. The predicted molar refractivity (Wildman–Crippen MR) is 35.8 cm³/mol. The Morgan fingerprint density at radius 3 is 2.50 bits per heavy atom. The molecule has 0 heterocycles. The van der Waals surface area contributed by atoms with Gasteiger partial charge in [-0.25, -0.2) is 8.57 Å². The summed E-state index contributed by atoms with van der Waals surface area (Å²) in [6, 6.07) is 0. The molecule has 0 fully saturated rings. The van der Waals surface area contributed by atoms with Gasteiger partial charge in [0, 0.05) is 0 Å². The van der Waals surface area contributed by atoms with Gasteiger partial charge in [0.15, 0.2) is 0 Å². The third-order valence-electron chi connectivity index (χ3n) is 0.972. The van der Waals surface area contributed by atoms with Crippen molar-refractivity contribution in [3.8, 4) is 0 Å². The zero-order chi connectivity index (χ0) is 8.04. The molecule has 0 atom stereocenters. The van der Waals surface area contributed by atoms with Crippen molar-refractivity contribution in [2.24, 2.45) is 0 Å². The number of hydrogen-bond donors (Lipinski definition) is 0. The van der Waals surface area contributed by atoms with Crippen molar-refractivity contribution in [1.29, 1.82) is 0 Å². The van der Waals surface area contributed by atoms with Gasteiger partial charge in [0.25, 0.3) is 10.1 Å². The van der Waals surface area contributed by atoms with Crippen LogP contribution in [0.4, 0.5) is 4.39 Å². The first-order valence-corrected chi connectivity index (χ1v) is 4.63. The second kappa shape index (κ2) is 4.62. The lowest BCUT2D eigenvalue weighted by Crippen LogP contribution is -2.09. The summed E-state index contributed by atoms with van der Waals surface area (Å²) in [6.07, 6.45) is 1.28. The van der Waals surface area contributed by atoms with Crippen molar-refractivity contribution in [2.75, 3.05) is 12.6 Å². The number of hydrogen-bond acceptors (Lipinski definition) is 3. The molecule has 0 spiro atoms. The Morgan fingerprint density at radius 2 is 2.10 bits per heavy atom. The first-order valence-electron chi connectivity index (χ1n) is 3.05. The first-order chi connectivity index (χ1) is 4.62. The molecule has 0 aliphatic carbocycles. The summed E-state index contributed by atoms with van der Waals surface area (Å²) >= 11 is 0. The Hall–Kier alpha value is -0.160. The Morgan fingerprint density at radius 1 is 1.50 bits per heavy atom. The summed E-state index contributed by atoms with van der Waals surface area (Å²) in [7, 11) is -3.57. The van der Waals surface area contributed by atoms with Crippen molar-refractivity contribution in [1.82, 2.24) is 0 Å². The van der Waals surface area contributed by atoms with E-state index in [0.29, 0.717) is 6.42 Å². The molecule has 0 aliphatic rings. The van der Waals surface area contributed by atoms with Crippen LogP contribution in [0.3, 0.4) is 0 Å². The highest BCUT2D eigenvalue weighted by Crippen LogP contribution is 1.98. The van der Waals surface area contributed by atoms with E-state index in [9.17, 15) is 12.8 Å². The van der Waals surface area contributed by atoms with Crippen molar-refractivity contribution >= 4 is 10.1 Å². The zero-order valence-corrected chi connectivity index (χ0v) is 6.66. The zero-order valence-electron chi connectivity index (χ0n) is 5.84. The van der Waals surface area contributed by atoms with E-state index in [2.05, 4.69) is 4.18 Å². The molecule has 0 N–H and O–H groups in total. The fourth-order valence-corrected chi connectivity index (χ4v) is 1.34. The van der Waals surface area contributed by atoms with E-state index >= 15 is 0 Å². The molecule has 0 aromatic rings. The van der Waals surface area contributed by atoms with E-state index in [1.807, 2.05) is 6.92 Å². The number of rotatable bonds is 5. The highest BCUT2D eigenvalue weighted by Gasteiger charge is 2.08. The second-order valence-corrected chi connectivity index (χ2v) is 3.60. The van der Waals surface area contributed by atoms with Crippen LogP contribution < -0.4 is 0 Å². The normalized spacial score (nSPS) is 11.8. The van der Waals surface area contributed by atoms with Crippen molar-refractivity contribution in [3.05, 3.63) is 0 Å². The van der Waals surface area contributed by atoms with Gasteiger partial charge in [-0.1, -0.05) is 13.3 Å². The molecule has 3 nitrogen and oxygen atoms in total. The van der Waals surface area contributed by atoms with E-state index < -0.39 is 17.0 Å². The quantitative estimate of drug-likeness (QED) is 0.579. The molecule has 10 heavy (non-hydrogen) atoms. The lowest BCUT2D eigenvalue weighted by atomic mass is 10.4. The fraction of sp³-hybridized carbons (Fsp3) is 1.00. The Labute approximate surface area is 60.3 Å². The largest absolute Gasteiger partial charge is 0.269 e. The molecular weight excluding hydrogens is 159 g/mol. The van der Waals surface area contributed by atoms with Crippen LogP contribution >= 0.6 is 0 Å². The van der Waals surface area contributed by atoms with Gasteiger partial charge < -0.3 is 0 Å². The molecule has 0 saturated carbocycles. The molecule has 0 bridgehead atoms. The van der Waals surface area contributed by atoms with Crippen molar-refractivity contribution < 1.29 is 17.0 Å². The Kier molecular flexibility index (Phi) is 4.55. The van der Waals surface area contributed by atoms with Gasteiger partial charge in [0.05, 0.1) is 5.75 Å². The van der Waals surface area contributed by atoms with Crippen LogP contribution in [-0.4, -0.2) is 21.0 Å². The minimum Gasteiger partial charge on any atom is -0.236 e. The average molecular weight is 170 g/mol. The van der Waals surface area contributed by atoms with Gasteiger partial charge in [0.2, 0.25) is 6.86 Å². The molecule has 5 heteroatoms. The summed E-state index contributed by atoms with van der Waals surface area (Å²) in [4.78, 5) is 0. The van der Waals surface area contributed by atoms with Gasteiger partial charge in [0.1, 0.15) is 0 Å². The van der Waals surface area contributed by atoms with Crippen LogP contribution in [0.2, 0.25) is 0 Å². The summed E-state index contributed by atoms with van der Waals surface area (Å²) in [6.45, 7) is 0.594. The Bertz CT molecular complexity index is 164. The van der Waals surface area contributed by atoms with Gasteiger partial charge in [-0.2, -0.15) is 8.42 Å². The lowest BCUT2D eigenvalue weighted by Gasteiger charge is -1.98. The molecule has 0 rings (SSSR count). The second-order valence-electron chi connectivity index (χ2n) is 1.84. The van der Waals surface area contributed by atoms with Crippen LogP contribution in [0.25, 0.3) is 0 Å². The maximum atomic E-state index is 11.3. The Balaban J connectivity index is 3.65. The summed E-state index contributed by atoms with van der Waals surface area (Å²) in [5, 5.41) is 0. The van der Waals surface area contributed by atoms with Gasteiger partial charge >= 0.3 is 0 Å². The molecule has 0 aromatic carbocycles. The molecule has 62 valence electrons. The standard InChI is InChI=1S/C5H11FO3S/c1-2-3-4-10(7,8)9-5-6/h2-5H2,1H3. The van der Waals surface area contributed by atoms with Crippen LogP contribution in [0.5, 0.6) is 0 Å². The molecule has 0 amide bonds. The molecular formula is C5H11FO3S. The van der Waals surface area contributed by atoms with Crippen molar-refractivity contribution in [2.45, 2.75) is 19.8 Å². The summed E-state index contributed by atoms with van der Waals surface area (Å²) < 4.78 is 36.2. The summed E-state index contributed by atoms with van der Waals surface area (Å²) in [5.74, 6) is -0.0899. The van der Waals surface area contributed by atoms with E-state index in [4.69, 9.17) is 0 Å². The fourth-order valence-electron chi connectivity index (χ4n) is 0.448. The molecule has 0 saturated heterocycles. The lowest BCUT2D eigenvalue weighted by molar-refractivity contribution is 0.198. The smallest absolute Gasteiger partial charge is 0.236 e. The van der Waals surface area contributed by atoms with E-state index in [1.54, 1.807) is 0 Å². The van der Waals surface area contributed by atoms with Crippen LogP contribution in [-0.2, 0) is 14.3 Å². The molecule has 0 radical (unpaired) electrons. The molecule has 0 aliphatic heterocycles. The first kappa shape index (κ1) is 9.84. The SMILES string of the molecule is CCCCS(=O)(=O)OCF. The average Bonchev–Trinajstić information content (AvgIpc) is 1.84. The predicted octanol–water partition coefficient (Wildman–Crippen LogP) is 1.06. The van der Waals surface area contributed by atoms with Crippen LogP contribution in [0.1, 0.15) is 19.8 Å². The highest BCUT2D eigenvalue weighted by molar-refractivity contribution is 7.86. The van der Waals surface area contributed by atoms with Crippen molar-refractivity contribution in [3.63, 3.8) is 0 Å². The third kappa shape index (κ3) is 4.69. The van der Waals surface area contributed by atoms with E-state index in [1.165, 1.54) is 0 Å². The van der Waals surface area contributed by atoms with E-state index in [-0.39, 0.29) is 5.75 Å². The maximum absolute atomic E-state index is 11.3. The van der Waals surface area contributed by atoms with Gasteiger partial charge in [-0.3, -0.25) is 0 Å². The maximum Gasteiger partial charge on any atom is 0.269 e. The minimum atomic E-state index is -3.57. The minimum absolute atomic E-state index is 0.0899. The number of alkyl halides is 1. The third-order valence-corrected chi connectivity index (χ3v) is 2.21. The van der Waals surface area contributed by atoms with Gasteiger partial charge in [-0.05, 0) is 6.42 Å². The topological polar surface area (TPSA) is 43.4 Å². The van der Waals surface area contributed by atoms with Crippen LogP contribution in [0, 0.1) is 0 Å². The van der Waals surface area contributed by atoms with Gasteiger partial charge in [-0.15, -0.1) is 0 Å². The highest BCUT2D eigenvalue weighted by atomic mass is 32.2.